The van der Waals surface area contributed by atoms with Crippen LogP contribution in [0.3, 0.4) is 0 Å². The first-order chi connectivity index (χ1) is 15.4. The Morgan fingerprint density at radius 3 is 1.70 bits per heavy atom. The maximum absolute atomic E-state index is 14.3. The predicted molar refractivity (Wildman–Crippen MR) is 113 cm³/mol. The van der Waals surface area contributed by atoms with Crippen LogP contribution in [0.1, 0.15) is 70.9 Å². The molecule has 0 saturated heterocycles. The van der Waals surface area contributed by atoms with Crippen LogP contribution < -0.4 is 10.6 Å². The van der Waals surface area contributed by atoms with Gasteiger partial charge in [0, 0.05) is 44.0 Å². The van der Waals surface area contributed by atoms with Crippen molar-refractivity contribution in [1.82, 2.24) is 24.7 Å². The minimum atomic E-state index is -2.66. The van der Waals surface area contributed by atoms with Gasteiger partial charge in [0.15, 0.2) is 0 Å². The van der Waals surface area contributed by atoms with E-state index in [1.54, 1.807) is 0 Å². The molecule has 0 amide bonds. The number of rotatable bonds is 6. The van der Waals surface area contributed by atoms with E-state index in [0.29, 0.717) is 0 Å². The van der Waals surface area contributed by atoms with Gasteiger partial charge >= 0.3 is 0 Å². The summed E-state index contributed by atoms with van der Waals surface area (Å²) in [5.41, 5.74) is -1.47. The lowest BCUT2D eigenvalue weighted by Gasteiger charge is -2.30. The van der Waals surface area contributed by atoms with Gasteiger partial charge in [-0.25, -0.2) is 26.6 Å². The highest BCUT2D eigenvalue weighted by Gasteiger charge is 2.36. The zero-order chi connectivity index (χ0) is 23.9. The van der Waals surface area contributed by atoms with Gasteiger partial charge in [0.05, 0.1) is 5.69 Å². The van der Waals surface area contributed by atoms with Crippen LogP contribution in [0.2, 0.25) is 0 Å². The Morgan fingerprint density at radius 1 is 0.848 bits per heavy atom. The molecule has 2 saturated carbocycles. The molecule has 2 aliphatic rings. The monoisotopic (exact) mass is 473 g/mol. The molecule has 0 aromatic carbocycles. The number of hydrogen-bond acceptors (Lipinski definition) is 6. The van der Waals surface area contributed by atoms with E-state index in [9.17, 15) is 22.0 Å². The summed E-state index contributed by atoms with van der Waals surface area (Å²) in [6.45, 7) is 2.76. The van der Waals surface area contributed by atoms with Crippen molar-refractivity contribution in [2.24, 2.45) is 0 Å². The van der Waals surface area contributed by atoms with Crippen LogP contribution >= 0.6 is 0 Å². The van der Waals surface area contributed by atoms with Crippen molar-refractivity contribution in [3.63, 3.8) is 0 Å². The van der Waals surface area contributed by atoms with E-state index in [0.717, 1.165) is 0 Å². The van der Waals surface area contributed by atoms with E-state index in [1.807, 2.05) is 0 Å². The molecule has 2 aromatic rings. The fourth-order valence-corrected chi connectivity index (χ4v) is 4.08. The maximum atomic E-state index is 14.3. The van der Waals surface area contributed by atoms with Gasteiger partial charge < -0.3 is 10.6 Å². The number of anilines is 2. The SMILES string of the molecule is CC(C)(F)c1ccn(-c2nc(NC3CCC(F)(F)CC3)nc(NC3CCC(F)(F)CC3)n2)n1. The lowest BCUT2D eigenvalue weighted by Crippen LogP contribution is -2.34. The standard InChI is InChI=1S/C21H28F5N7/c1-19(2,22)15-7-12-33(32-15)18-30-16(27-13-3-8-20(23,24)9-4-13)29-17(31-18)28-14-5-10-21(25,26)11-6-14/h7,12-14H,3-6,8-11H2,1-2H3,(H2,27,28,29,30,31). The first-order valence-corrected chi connectivity index (χ1v) is 11.2. The lowest BCUT2D eigenvalue weighted by molar-refractivity contribution is -0.0366. The topological polar surface area (TPSA) is 80.5 Å². The highest BCUT2D eigenvalue weighted by Crippen LogP contribution is 2.35. The van der Waals surface area contributed by atoms with Gasteiger partial charge in [0.25, 0.3) is 5.95 Å². The van der Waals surface area contributed by atoms with E-state index in [2.05, 4.69) is 30.7 Å². The highest BCUT2D eigenvalue weighted by atomic mass is 19.3. The van der Waals surface area contributed by atoms with Gasteiger partial charge in [0.1, 0.15) is 5.67 Å². The highest BCUT2D eigenvalue weighted by molar-refractivity contribution is 5.39. The van der Waals surface area contributed by atoms with Crippen LogP contribution in [0.25, 0.3) is 5.95 Å². The molecule has 0 spiro atoms. The van der Waals surface area contributed by atoms with Crippen molar-refractivity contribution in [2.75, 3.05) is 10.6 Å². The third kappa shape index (κ3) is 6.08. The Labute approximate surface area is 188 Å². The van der Waals surface area contributed by atoms with Crippen LogP contribution in [-0.4, -0.2) is 48.7 Å². The Balaban J connectivity index is 1.57. The summed E-state index contributed by atoms with van der Waals surface area (Å²) < 4.78 is 69.6. The molecule has 0 atom stereocenters. The van der Waals surface area contributed by atoms with E-state index in [1.165, 1.54) is 30.8 Å². The van der Waals surface area contributed by atoms with Crippen molar-refractivity contribution in [1.29, 1.82) is 0 Å². The van der Waals surface area contributed by atoms with Crippen LogP contribution in [0.15, 0.2) is 12.3 Å². The largest absolute Gasteiger partial charge is 0.351 e. The van der Waals surface area contributed by atoms with Gasteiger partial charge in [-0.15, -0.1) is 0 Å². The number of nitrogens with zero attached hydrogens (tertiary/aromatic N) is 5. The molecule has 182 valence electrons. The molecule has 33 heavy (non-hydrogen) atoms. The summed E-state index contributed by atoms with van der Waals surface area (Å²) in [5, 5.41) is 10.4. The third-order valence-corrected chi connectivity index (χ3v) is 6.13. The van der Waals surface area contributed by atoms with Crippen molar-refractivity contribution >= 4 is 11.9 Å². The van der Waals surface area contributed by atoms with Crippen molar-refractivity contribution in [3.8, 4) is 5.95 Å². The lowest BCUT2D eigenvalue weighted by atomic mass is 9.92. The molecule has 2 aliphatic carbocycles. The quantitative estimate of drug-likeness (QED) is 0.559. The summed E-state index contributed by atoms with van der Waals surface area (Å²) in [4.78, 5) is 13.0. The molecule has 0 radical (unpaired) electrons. The first kappa shape index (κ1) is 23.6. The predicted octanol–water partition coefficient (Wildman–Crippen LogP) is 5.24. The Morgan fingerprint density at radius 2 is 1.30 bits per heavy atom. The fraction of sp³-hybridized carbons (Fsp3) is 0.714. The van der Waals surface area contributed by atoms with Gasteiger partial charge in [-0.3, -0.25) is 0 Å². The van der Waals surface area contributed by atoms with E-state index in [4.69, 9.17) is 0 Å². The summed E-state index contributed by atoms with van der Waals surface area (Å²) in [6.07, 6.45) is 1.66. The van der Waals surface area contributed by atoms with Gasteiger partial charge in [-0.1, -0.05) is 0 Å². The second kappa shape index (κ2) is 8.68. The third-order valence-electron chi connectivity index (χ3n) is 6.13. The molecule has 12 heteroatoms. The second-order valence-electron chi connectivity index (χ2n) is 9.45. The van der Waals surface area contributed by atoms with Gasteiger partial charge in [-0.05, 0) is 45.6 Å². The molecular weight excluding hydrogens is 445 g/mol. The van der Waals surface area contributed by atoms with Crippen LogP contribution in [-0.2, 0) is 5.67 Å². The van der Waals surface area contributed by atoms with Crippen molar-refractivity contribution in [2.45, 2.75) is 94.8 Å². The van der Waals surface area contributed by atoms with Gasteiger partial charge in [0.2, 0.25) is 23.7 Å². The van der Waals surface area contributed by atoms with Crippen LogP contribution in [0.5, 0.6) is 0 Å². The molecular formula is C21H28F5N7. The Hall–Kier alpha value is -2.53. The minimum Gasteiger partial charge on any atom is -0.351 e. The van der Waals surface area contributed by atoms with Crippen molar-refractivity contribution < 1.29 is 22.0 Å². The second-order valence-corrected chi connectivity index (χ2v) is 9.45. The smallest absolute Gasteiger partial charge is 0.257 e. The van der Waals surface area contributed by atoms with E-state index < -0.39 is 17.5 Å². The number of aromatic nitrogens is 5. The van der Waals surface area contributed by atoms with Gasteiger partial charge in [-0.2, -0.15) is 20.1 Å². The molecule has 2 fully saturated rings. The summed E-state index contributed by atoms with van der Waals surface area (Å²) in [5.74, 6) is -4.90. The zero-order valence-electron chi connectivity index (χ0n) is 18.6. The molecule has 0 unspecified atom stereocenters. The van der Waals surface area contributed by atoms with Crippen LogP contribution in [0, 0.1) is 0 Å². The van der Waals surface area contributed by atoms with E-state index in [-0.39, 0.29) is 87.0 Å². The molecule has 2 N–H and O–H groups in total. The first-order valence-electron chi connectivity index (χ1n) is 11.2. The van der Waals surface area contributed by atoms with Crippen molar-refractivity contribution in [3.05, 3.63) is 18.0 Å². The summed E-state index contributed by atoms with van der Waals surface area (Å²) in [6, 6.07) is 1.04. The zero-order valence-corrected chi connectivity index (χ0v) is 18.6. The number of nitrogens with one attached hydrogen (secondary N) is 2. The average molecular weight is 473 g/mol. The summed E-state index contributed by atoms with van der Waals surface area (Å²) >= 11 is 0. The molecule has 0 bridgehead atoms. The molecule has 2 heterocycles. The minimum absolute atomic E-state index is 0.104. The number of halogens is 5. The molecule has 2 aromatic heterocycles. The molecule has 0 aliphatic heterocycles. The molecule has 4 rings (SSSR count). The fourth-order valence-electron chi connectivity index (χ4n) is 4.08. The van der Waals surface area contributed by atoms with E-state index >= 15 is 0 Å². The maximum Gasteiger partial charge on any atom is 0.257 e. The number of alkyl halides is 5. The van der Waals surface area contributed by atoms with Crippen LogP contribution in [0.4, 0.5) is 33.8 Å². The summed E-state index contributed by atoms with van der Waals surface area (Å²) in [7, 11) is 0. The average Bonchev–Trinajstić information content (AvgIpc) is 3.22. The molecule has 7 nitrogen and oxygen atoms in total. The number of hydrogen-bond donors (Lipinski definition) is 2. The Kier molecular flexibility index (Phi) is 6.21. The normalized spacial score (nSPS) is 21.7. The Bertz CT molecular complexity index is 904.